The van der Waals surface area contributed by atoms with Crippen molar-refractivity contribution in [3.05, 3.63) is 53.3 Å². The van der Waals surface area contributed by atoms with E-state index in [-0.39, 0.29) is 11.7 Å². The lowest BCUT2D eigenvalue weighted by molar-refractivity contribution is 0.0963. The normalized spacial score (nSPS) is 15.1. The third-order valence-electron chi connectivity index (χ3n) is 5.94. The van der Waals surface area contributed by atoms with Gasteiger partial charge in [-0.3, -0.25) is 14.8 Å². The lowest BCUT2D eigenvalue weighted by atomic mass is 10.1. The molecular weight excluding hydrogens is 381 g/mol. The predicted octanol–water partition coefficient (Wildman–Crippen LogP) is 4.20. The topological polar surface area (TPSA) is 76.8 Å². The van der Waals surface area contributed by atoms with Crippen molar-refractivity contribution in [1.29, 1.82) is 0 Å². The first kappa shape index (κ1) is 18.8. The molecule has 154 valence electrons. The van der Waals surface area contributed by atoms with Crippen LogP contribution >= 0.6 is 0 Å². The molecule has 0 saturated carbocycles. The van der Waals surface area contributed by atoms with E-state index >= 15 is 4.39 Å². The minimum absolute atomic E-state index is 0.175. The van der Waals surface area contributed by atoms with Gasteiger partial charge in [0.1, 0.15) is 11.4 Å². The summed E-state index contributed by atoms with van der Waals surface area (Å²) in [5, 5.41) is 11.2. The molecule has 7 heteroatoms. The average molecular weight is 405 g/mol. The van der Waals surface area contributed by atoms with E-state index in [1.54, 1.807) is 25.2 Å². The molecule has 0 aliphatic carbocycles. The Kier molecular flexibility index (Phi) is 4.75. The van der Waals surface area contributed by atoms with E-state index in [1.807, 2.05) is 12.1 Å². The quantitative estimate of drug-likeness (QED) is 0.476. The molecule has 2 aromatic heterocycles. The van der Waals surface area contributed by atoms with E-state index < -0.39 is 0 Å². The summed E-state index contributed by atoms with van der Waals surface area (Å²) in [6.45, 7) is 3.07. The van der Waals surface area contributed by atoms with Crippen LogP contribution < -0.4 is 5.32 Å². The molecular formula is C23H24FN5O. The van der Waals surface area contributed by atoms with Crippen molar-refractivity contribution in [3.8, 4) is 11.4 Å². The number of aromatic nitrogens is 3. The highest BCUT2D eigenvalue weighted by atomic mass is 19.1. The molecule has 3 heterocycles. The molecule has 30 heavy (non-hydrogen) atoms. The molecule has 0 unspecified atom stereocenters. The number of nitrogens with one attached hydrogen (secondary N) is 3. The zero-order valence-corrected chi connectivity index (χ0v) is 16.9. The molecule has 0 spiro atoms. The molecule has 5 rings (SSSR count). The monoisotopic (exact) mass is 405 g/mol. The molecule has 6 nitrogen and oxygen atoms in total. The first-order valence-corrected chi connectivity index (χ1v) is 10.4. The van der Waals surface area contributed by atoms with Gasteiger partial charge < -0.3 is 10.3 Å². The first-order chi connectivity index (χ1) is 14.6. The van der Waals surface area contributed by atoms with Crippen LogP contribution in [0.1, 0.15) is 35.2 Å². The number of carbonyl (C=O) groups is 1. The van der Waals surface area contributed by atoms with E-state index in [9.17, 15) is 4.79 Å². The van der Waals surface area contributed by atoms with Gasteiger partial charge in [0, 0.05) is 35.4 Å². The van der Waals surface area contributed by atoms with Gasteiger partial charge in [-0.25, -0.2) is 4.39 Å². The molecule has 4 aromatic rings. The second kappa shape index (κ2) is 7.57. The summed E-state index contributed by atoms with van der Waals surface area (Å²) in [4.78, 5) is 17.5. The summed E-state index contributed by atoms with van der Waals surface area (Å²) >= 11 is 0. The van der Waals surface area contributed by atoms with E-state index in [1.165, 1.54) is 19.3 Å². The van der Waals surface area contributed by atoms with E-state index in [0.29, 0.717) is 27.9 Å². The van der Waals surface area contributed by atoms with Crippen LogP contribution in [0.5, 0.6) is 0 Å². The van der Waals surface area contributed by atoms with Crippen molar-refractivity contribution < 1.29 is 9.18 Å². The largest absolute Gasteiger partial charge is 0.355 e. The summed E-state index contributed by atoms with van der Waals surface area (Å²) in [6.07, 6.45) is 3.77. The van der Waals surface area contributed by atoms with Crippen LogP contribution in [0, 0.1) is 5.82 Å². The molecule has 1 amide bonds. The number of fused-ring (bicyclic) bond motifs is 2. The molecule has 0 radical (unpaired) electrons. The smallest absolute Gasteiger partial charge is 0.251 e. The highest BCUT2D eigenvalue weighted by Crippen LogP contribution is 2.33. The second-order valence-electron chi connectivity index (χ2n) is 7.94. The van der Waals surface area contributed by atoms with Crippen LogP contribution in [0.4, 0.5) is 4.39 Å². The molecule has 2 aromatic carbocycles. The van der Waals surface area contributed by atoms with Crippen molar-refractivity contribution in [3.63, 3.8) is 0 Å². The third-order valence-corrected chi connectivity index (χ3v) is 5.94. The SMILES string of the molecule is CNC(=O)c1ccc2c(-c3[nH]c4ccc(CN5CCCCC5)cc4c3F)n[nH]c2c1. The number of H-pyrrole nitrogens is 2. The second-order valence-corrected chi connectivity index (χ2v) is 7.94. The Balaban J connectivity index is 1.51. The van der Waals surface area contributed by atoms with Gasteiger partial charge in [-0.05, 0) is 61.8 Å². The molecule has 0 bridgehead atoms. The number of halogens is 1. The van der Waals surface area contributed by atoms with Gasteiger partial charge in [-0.1, -0.05) is 12.5 Å². The molecule has 1 aliphatic heterocycles. The van der Waals surface area contributed by atoms with Crippen molar-refractivity contribution >= 4 is 27.7 Å². The number of amides is 1. The number of piperidine rings is 1. The highest BCUT2D eigenvalue weighted by molar-refractivity contribution is 6.01. The van der Waals surface area contributed by atoms with E-state index in [0.717, 1.165) is 36.1 Å². The fraction of sp³-hybridized carbons (Fsp3) is 0.304. The number of carbonyl (C=O) groups excluding carboxylic acids is 1. The first-order valence-electron chi connectivity index (χ1n) is 10.4. The van der Waals surface area contributed by atoms with Gasteiger partial charge in [0.25, 0.3) is 5.91 Å². The minimum Gasteiger partial charge on any atom is -0.355 e. The van der Waals surface area contributed by atoms with Gasteiger partial charge in [0.05, 0.1) is 5.52 Å². The van der Waals surface area contributed by atoms with Crippen LogP contribution in [0.2, 0.25) is 0 Å². The summed E-state index contributed by atoms with van der Waals surface area (Å²) in [7, 11) is 1.59. The fourth-order valence-corrected chi connectivity index (χ4v) is 4.34. The maximum atomic E-state index is 15.4. The van der Waals surface area contributed by atoms with Crippen LogP contribution in [-0.4, -0.2) is 46.1 Å². The molecule has 0 atom stereocenters. The van der Waals surface area contributed by atoms with Gasteiger partial charge >= 0.3 is 0 Å². The number of benzene rings is 2. The lowest BCUT2D eigenvalue weighted by Crippen LogP contribution is -2.29. The summed E-state index contributed by atoms with van der Waals surface area (Å²) in [6, 6.07) is 11.2. The Labute approximate surface area is 173 Å². The lowest BCUT2D eigenvalue weighted by Gasteiger charge is -2.26. The van der Waals surface area contributed by atoms with Crippen LogP contribution in [0.15, 0.2) is 36.4 Å². The molecule has 1 fully saturated rings. The van der Waals surface area contributed by atoms with Crippen molar-refractivity contribution in [2.24, 2.45) is 0 Å². The zero-order valence-electron chi connectivity index (χ0n) is 16.9. The zero-order chi connectivity index (χ0) is 20.7. The number of aromatic amines is 2. The van der Waals surface area contributed by atoms with E-state index in [4.69, 9.17) is 0 Å². The van der Waals surface area contributed by atoms with Crippen LogP contribution in [-0.2, 0) is 6.54 Å². The molecule has 1 aliphatic rings. The Bertz CT molecular complexity index is 1240. The van der Waals surface area contributed by atoms with Crippen LogP contribution in [0.25, 0.3) is 33.2 Å². The summed E-state index contributed by atoms with van der Waals surface area (Å²) in [5.74, 6) is -0.472. The van der Waals surface area contributed by atoms with Gasteiger partial charge in [0.15, 0.2) is 5.82 Å². The maximum absolute atomic E-state index is 15.4. The number of likely N-dealkylation sites (tertiary alicyclic amines) is 1. The van der Waals surface area contributed by atoms with Crippen LogP contribution in [0.3, 0.4) is 0 Å². The minimum atomic E-state index is -0.297. The Morgan fingerprint density at radius 1 is 1.10 bits per heavy atom. The summed E-state index contributed by atoms with van der Waals surface area (Å²) in [5.41, 5.74) is 3.97. The Morgan fingerprint density at radius 3 is 2.73 bits per heavy atom. The summed E-state index contributed by atoms with van der Waals surface area (Å²) < 4.78 is 15.4. The van der Waals surface area contributed by atoms with Gasteiger partial charge in [-0.2, -0.15) is 5.10 Å². The fourth-order valence-electron chi connectivity index (χ4n) is 4.34. The molecule has 1 saturated heterocycles. The van der Waals surface area contributed by atoms with Gasteiger partial charge in [-0.15, -0.1) is 0 Å². The number of hydrogen-bond donors (Lipinski definition) is 3. The van der Waals surface area contributed by atoms with E-state index in [2.05, 4.69) is 31.5 Å². The van der Waals surface area contributed by atoms with Gasteiger partial charge in [0.2, 0.25) is 0 Å². The third kappa shape index (κ3) is 3.25. The van der Waals surface area contributed by atoms with Crippen molar-refractivity contribution in [2.45, 2.75) is 25.8 Å². The average Bonchev–Trinajstić information content (AvgIpc) is 3.34. The molecule has 3 N–H and O–H groups in total. The predicted molar refractivity (Wildman–Crippen MR) is 116 cm³/mol. The van der Waals surface area contributed by atoms with Crippen molar-refractivity contribution in [1.82, 2.24) is 25.4 Å². The Morgan fingerprint density at radius 2 is 1.93 bits per heavy atom. The maximum Gasteiger partial charge on any atom is 0.251 e. The highest BCUT2D eigenvalue weighted by Gasteiger charge is 2.19. The standard InChI is InChI=1S/C23H24FN5O/c1-25-23(30)15-6-7-16-19(12-15)27-28-21(16)22-20(24)17-11-14(5-8-18(17)26-22)13-29-9-3-2-4-10-29/h5-8,11-12,26H,2-4,9-10,13H2,1H3,(H,25,30)(H,27,28). The number of rotatable bonds is 4. The Hall–Kier alpha value is -3.19. The number of nitrogens with zero attached hydrogens (tertiary/aromatic N) is 2. The number of hydrogen-bond acceptors (Lipinski definition) is 3. The van der Waals surface area contributed by atoms with Crippen molar-refractivity contribution in [2.75, 3.05) is 20.1 Å².